The molecule has 0 bridgehead atoms. The molecule has 0 aliphatic rings. The minimum absolute atomic E-state index is 0.0445. The van der Waals surface area contributed by atoms with Crippen LogP contribution in [0.15, 0.2) is 115 Å². The molecule has 2 N–H and O–H groups in total. The first-order valence-corrected chi connectivity index (χ1v) is 16.0. The molecule has 0 saturated carbocycles. The van der Waals surface area contributed by atoms with E-state index in [4.69, 9.17) is 32.9 Å². The number of hydrogen-bond acceptors (Lipinski definition) is 4. The molecule has 0 radical (unpaired) electrons. The highest BCUT2D eigenvalue weighted by atomic mass is 35.5. The normalized spacial score (nSPS) is 11.9. The van der Waals surface area contributed by atoms with Crippen LogP contribution in [-0.4, -0.2) is 26.5 Å². The molecule has 0 saturated heterocycles. The van der Waals surface area contributed by atoms with Crippen LogP contribution in [0.4, 0.5) is 0 Å². The fourth-order valence-electron chi connectivity index (χ4n) is 5.47. The summed E-state index contributed by atoms with van der Waals surface area (Å²) in [7, 11) is 0. The number of carbonyl (C=O) groups excluding carboxylic acids is 1. The van der Waals surface area contributed by atoms with Gasteiger partial charge < -0.3 is 19.7 Å². The van der Waals surface area contributed by atoms with Gasteiger partial charge in [0.2, 0.25) is 5.91 Å². The lowest BCUT2D eigenvalue weighted by Crippen LogP contribution is -2.30. The van der Waals surface area contributed by atoms with E-state index in [0.717, 1.165) is 27.5 Å². The molecule has 0 aliphatic carbocycles. The first kappa shape index (κ1) is 32.6. The number of benzene rings is 5. The molecule has 6 aromatic rings. The average molecular weight is 677 g/mol. The minimum atomic E-state index is -0.979. The van der Waals surface area contributed by atoms with E-state index in [-0.39, 0.29) is 30.7 Å². The lowest BCUT2D eigenvalue weighted by Gasteiger charge is -2.17. The maximum absolute atomic E-state index is 13.4. The molecule has 6 rings (SSSR count). The fraction of sp³-hybridized carbons (Fsp3) is 0.103. The molecule has 9 heteroatoms. The number of fused-ring (bicyclic) bond motifs is 1. The second-order valence-corrected chi connectivity index (χ2v) is 12.1. The van der Waals surface area contributed by atoms with Crippen LogP contribution in [-0.2, 0) is 17.9 Å². The molecule has 0 aliphatic heterocycles. The lowest BCUT2D eigenvalue weighted by atomic mass is 10.00. The van der Waals surface area contributed by atoms with Crippen LogP contribution in [0.25, 0.3) is 34.2 Å². The lowest BCUT2D eigenvalue weighted by molar-refractivity contribution is -0.122. The highest BCUT2D eigenvalue weighted by Crippen LogP contribution is 2.30. The van der Waals surface area contributed by atoms with E-state index < -0.39 is 5.97 Å². The Balaban J connectivity index is 1.19. The Kier molecular flexibility index (Phi) is 9.90. The number of carboxylic acids is 1. The van der Waals surface area contributed by atoms with E-state index in [2.05, 4.69) is 23.5 Å². The van der Waals surface area contributed by atoms with Crippen molar-refractivity contribution < 1.29 is 19.4 Å². The van der Waals surface area contributed by atoms with E-state index >= 15 is 0 Å². The Morgan fingerprint density at radius 3 is 2.48 bits per heavy atom. The monoisotopic (exact) mass is 675 g/mol. The second-order valence-electron chi connectivity index (χ2n) is 11.3. The van der Waals surface area contributed by atoms with Gasteiger partial charge in [-0.2, -0.15) is 0 Å². The van der Waals surface area contributed by atoms with Crippen molar-refractivity contribution >= 4 is 58.0 Å². The smallest absolute Gasteiger partial charge is 0.335 e. The third-order valence-electron chi connectivity index (χ3n) is 7.88. The molecule has 1 heterocycles. The van der Waals surface area contributed by atoms with Crippen molar-refractivity contribution in [3.63, 3.8) is 0 Å². The number of ether oxygens (including phenoxy) is 1. The van der Waals surface area contributed by atoms with Crippen molar-refractivity contribution in [2.45, 2.75) is 26.1 Å². The van der Waals surface area contributed by atoms with Crippen LogP contribution in [0.1, 0.15) is 45.8 Å². The van der Waals surface area contributed by atoms with Gasteiger partial charge in [0.05, 0.1) is 22.3 Å². The third kappa shape index (κ3) is 7.77. The van der Waals surface area contributed by atoms with Crippen molar-refractivity contribution in [2.24, 2.45) is 0 Å². The molecule has 1 atom stereocenters. The van der Waals surface area contributed by atoms with E-state index in [0.29, 0.717) is 32.9 Å². The van der Waals surface area contributed by atoms with Gasteiger partial charge in [0.1, 0.15) is 24.7 Å². The Hall–Kier alpha value is -5.37. The first-order valence-electron chi connectivity index (χ1n) is 15.3. The molecule has 1 amide bonds. The Morgan fingerprint density at radius 1 is 0.917 bits per heavy atom. The number of nitrogens with one attached hydrogen (secondary N) is 1. The largest absolute Gasteiger partial charge is 0.489 e. The van der Waals surface area contributed by atoms with Crippen molar-refractivity contribution in [1.29, 1.82) is 0 Å². The molecule has 5 aromatic carbocycles. The van der Waals surface area contributed by atoms with Gasteiger partial charge in [-0.15, -0.1) is 0 Å². The van der Waals surface area contributed by atoms with Gasteiger partial charge in [0.25, 0.3) is 0 Å². The van der Waals surface area contributed by atoms with Gasteiger partial charge in [-0.25, -0.2) is 9.78 Å². The zero-order valence-electron chi connectivity index (χ0n) is 25.9. The molecule has 240 valence electrons. The maximum Gasteiger partial charge on any atom is 0.335 e. The van der Waals surface area contributed by atoms with E-state index in [9.17, 15) is 14.7 Å². The number of aromatic nitrogens is 2. The minimum Gasteiger partial charge on any atom is -0.489 e. The zero-order valence-corrected chi connectivity index (χ0v) is 27.5. The average Bonchev–Trinajstić information content (AvgIpc) is 3.48. The summed E-state index contributed by atoms with van der Waals surface area (Å²) in [5.41, 5.74) is 4.23. The summed E-state index contributed by atoms with van der Waals surface area (Å²) in [5, 5.41) is 15.6. The van der Waals surface area contributed by atoms with Gasteiger partial charge in [0.15, 0.2) is 0 Å². The number of hydrogen-bond donors (Lipinski definition) is 2. The number of amides is 1. The SMILES string of the molecule is CC(NC(=O)Cn1cc(-c2ccc(Cl)cc2Cl)nc1/C=C/c1ccc(OCc2cccc(C(=O)O)c2)cc1)c1cccc2ccccc12. The van der Waals surface area contributed by atoms with E-state index in [1.165, 1.54) is 0 Å². The van der Waals surface area contributed by atoms with Crippen LogP contribution >= 0.6 is 23.2 Å². The van der Waals surface area contributed by atoms with Gasteiger partial charge >= 0.3 is 5.97 Å². The fourth-order valence-corrected chi connectivity index (χ4v) is 5.98. The Labute approximate surface area is 288 Å². The van der Waals surface area contributed by atoms with Crippen LogP contribution in [0.5, 0.6) is 5.75 Å². The molecular formula is C39H31Cl2N3O4. The molecular weight excluding hydrogens is 645 g/mol. The summed E-state index contributed by atoms with van der Waals surface area (Å²) in [6.45, 7) is 2.27. The number of aromatic carboxylic acids is 1. The molecule has 1 unspecified atom stereocenters. The van der Waals surface area contributed by atoms with Crippen LogP contribution in [0.2, 0.25) is 10.0 Å². The van der Waals surface area contributed by atoms with Crippen molar-refractivity contribution in [3.05, 3.63) is 154 Å². The zero-order chi connectivity index (χ0) is 33.6. The van der Waals surface area contributed by atoms with Gasteiger partial charge in [-0.05, 0) is 82.9 Å². The summed E-state index contributed by atoms with van der Waals surface area (Å²) in [5.74, 6) is 0.0772. The summed E-state index contributed by atoms with van der Waals surface area (Å²) < 4.78 is 7.66. The summed E-state index contributed by atoms with van der Waals surface area (Å²) in [6.07, 6.45) is 5.57. The number of nitrogens with zero attached hydrogens (tertiary/aromatic N) is 2. The number of carboxylic acid groups (broad SMARTS) is 1. The number of carbonyl (C=O) groups is 2. The first-order chi connectivity index (χ1) is 23.2. The van der Waals surface area contributed by atoms with Gasteiger partial charge in [-0.3, -0.25) is 4.79 Å². The quantitative estimate of drug-likeness (QED) is 0.143. The van der Waals surface area contributed by atoms with Crippen molar-refractivity contribution in [1.82, 2.24) is 14.9 Å². The number of rotatable bonds is 11. The predicted octanol–water partition coefficient (Wildman–Crippen LogP) is 9.34. The van der Waals surface area contributed by atoms with E-state index in [1.807, 2.05) is 85.9 Å². The Morgan fingerprint density at radius 2 is 1.69 bits per heavy atom. The van der Waals surface area contributed by atoms with Crippen LogP contribution in [0.3, 0.4) is 0 Å². The van der Waals surface area contributed by atoms with Crippen LogP contribution in [0, 0.1) is 0 Å². The maximum atomic E-state index is 13.4. The summed E-state index contributed by atoms with van der Waals surface area (Å²) >= 11 is 12.7. The van der Waals surface area contributed by atoms with Crippen molar-refractivity contribution in [3.8, 4) is 17.0 Å². The predicted molar refractivity (Wildman–Crippen MR) is 191 cm³/mol. The molecule has 1 aromatic heterocycles. The highest BCUT2D eigenvalue weighted by Gasteiger charge is 2.16. The molecule has 0 fully saturated rings. The third-order valence-corrected chi connectivity index (χ3v) is 8.43. The highest BCUT2D eigenvalue weighted by molar-refractivity contribution is 6.36. The molecule has 48 heavy (non-hydrogen) atoms. The standard InChI is InChI=1S/C39H31Cl2N3O4/c1-25(32-11-5-8-28-7-2-3-10-33(28)32)42-38(45)23-44-22-36(34-18-15-30(40)21-35(34)41)43-37(44)19-14-26-12-16-31(17-13-26)48-24-27-6-4-9-29(20-27)39(46)47/h2-22,25H,23-24H2,1H3,(H,42,45)(H,46,47)/b19-14+. The molecule has 0 spiro atoms. The number of halogens is 2. The summed E-state index contributed by atoms with van der Waals surface area (Å²) in [6, 6.07) is 33.4. The second kappa shape index (κ2) is 14.6. The topological polar surface area (TPSA) is 93.5 Å². The van der Waals surface area contributed by atoms with Gasteiger partial charge in [-0.1, -0.05) is 96.0 Å². The molecule has 7 nitrogen and oxygen atoms in total. The van der Waals surface area contributed by atoms with Crippen LogP contribution < -0.4 is 10.1 Å². The van der Waals surface area contributed by atoms with E-state index in [1.54, 1.807) is 34.9 Å². The Bertz CT molecular complexity index is 2130. The summed E-state index contributed by atoms with van der Waals surface area (Å²) in [4.78, 5) is 29.5. The van der Waals surface area contributed by atoms with Gasteiger partial charge in [0, 0.05) is 16.8 Å². The van der Waals surface area contributed by atoms with Crippen molar-refractivity contribution in [2.75, 3.05) is 0 Å². The number of imidazole rings is 1.